The lowest BCUT2D eigenvalue weighted by Crippen LogP contribution is -2.41. The predicted molar refractivity (Wildman–Crippen MR) is 130 cm³/mol. The number of hydrogen-bond donors (Lipinski definition) is 0. The van der Waals surface area contributed by atoms with E-state index in [4.69, 9.17) is 13.9 Å². The second kappa shape index (κ2) is 10.6. The van der Waals surface area contributed by atoms with Crippen molar-refractivity contribution in [3.8, 4) is 5.88 Å². The first-order valence-electron chi connectivity index (χ1n) is 9.44. The van der Waals surface area contributed by atoms with E-state index >= 15 is 0 Å². The molecule has 0 aromatic carbocycles. The number of alkyl halides is 1. The normalized spacial score (nSPS) is 13.3. The molecule has 0 unspecified atom stereocenters. The van der Waals surface area contributed by atoms with Crippen molar-refractivity contribution in [3.05, 3.63) is 9.26 Å². The molecule has 0 aliphatic heterocycles. The van der Waals surface area contributed by atoms with E-state index in [0.29, 0.717) is 12.5 Å². The van der Waals surface area contributed by atoms with E-state index in [1.165, 1.54) is 0 Å². The summed E-state index contributed by atoms with van der Waals surface area (Å²) in [5.74, 6) is 0.644. The summed E-state index contributed by atoms with van der Waals surface area (Å²) in [6, 6.07) is 1.14. The molecule has 0 aliphatic carbocycles. The first-order valence-corrected chi connectivity index (χ1v) is 18.3. The van der Waals surface area contributed by atoms with Gasteiger partial charge in [-0.3, -0.25) is 4.68 Å². The van der Waals surface area contributed by atoms with Gasteiger partial charge in [-0.15, -0.1) is 5.10 Å². The minimum absolute atomic E-state index is 0.214. The van der Waals surface area contributed by atoms with Crippen LogP contribution in [-0.2, 0) is 21.0 Å². The maximum atomic E-state index is 6.29. The highest BCUT2D eigenvalue weighted by Crippen LogP contribution is 2.36. The van der Waals surface area contributed by atoms with Gasteiger partial charge in [0, 0.05) is 20.0 Å². The van der Waals surface area contributed by atoms with Crippen molar-refractivity contribution in [2.24, 2.45) is 0 Å². The molecule has 1 aromatic rings. The Morgan fingerprint density at radius 3 is 2.26 bits per heavy atom. The molecule has 0 bridgehead atoms. The molecule has 9 heteroatoms. The van der Waals surface area contributed by atoms with Crippen LogP contribution in [0.2, 0.25) is 43.8 Å². The SMILES string of the molecule is CC(C)(C)[Si](C)(C)OCCn1nc(OCOCC[Si](C)(C)C)c(I)c1CBr. The van der Waals surface area contributed by atoms with Crippen molar-refractivity contribution < 1.29 is 13.9 Å². The van der Waals surface area contributed by atoms with Gasteiger partial charge in [0.05, 0.1) is 22.4 Å². The highest BCUT2D eigenvalue weighted by atomic mass is 127. The molecule has 1 aromatic heterocycles. The van der Waals surface area contributed by atoms with Gasteiger partial charge in [0.1, 0.15) is 0 Å². The Bertz CT molecular complexity index is 599. The van der Waals surface area contributed by atoms with E-state index in [-0.39, 0.29) is 11.8 Å². The van der Waals surface area contributed by atoms with Crippen molar-refractivity contribution in [2.45, 2.75) is 76.5 Å². The van der Waals surface area contributed by atoms with Gasteiger partial charge in [-0.2, -0.15) is 0 Å². The van der Waals surface area contributed by atoms with Crippen LogP contribution in [0.25, 0.3) is 0 Å². The van der Waals surface area contributed by atoms with Gasteiger partial charge >= 0.3 is 0 Å². The minimum atomic E-state index is -1.74. The number of ether oxygens (including phenoxy) is 2. The van der Waals surface area contributed by atoms with Gasteiger partial charge < -0.3 is 13.9 Å². The van der Waals surface area contributed by atoms with Gasteiger partial charge in [-0.05, 0) is 46.8 Å². The summed E-state index contributed by atoms with van der Waals surface area (Å²) >= 11 is 5.87. The fraction of sp³-hybridized carbons (Fsp3) is 0.833. The molecule has 0 saturated carbocycles. The number of nitrogens with zero attached hydrogens (tertiary/aromatic N) is 2. The van der Waals surface area contributed by atoms with E-state index in [0.717, 1.165) is 33.8 Å². The Balaban J connectivity index is 2.60. The Morgan fingerprint density at radius 1 is 1.11 bits per heavy atom. The average Bonchev–Trinajstić information content (AvgIpc) is 2.80. The molecule has 5 nitrogen and oxygen atoms in total. The van der Waals surface area contributed by atoms with Crippen molar-refractivity contribution in [3.63, 3.8) is 0 Å². The fourth-order valence-electron chi connectivity index (χ4n) is 1.99. The first-order chi connectivity index (χ1) is 12.3. The highest BCUT2D eigenvalue weighted by molar-refractivity contribution is 14.1. The van der Waals surface area contributed by atoms with Crippen molar-refractivity contribution in [1.29, 1.82) is 0 Å². The molecule has 0 saturated heterocycles. The molecule has 0 amide bonds. The number of aromatic nitrogens is 2. The molecular weight excluding hydrogens is 555 g/mol. The zero-order chi connectivity index (χ0) is 20.9. The predicted octanol–water partition coefficient (Wildman–Crippen LogP) is 6.10. The summed E-state index contributed by atoms with van der Waals surface area (Å²) in [4.78, 5) is 0. The quantitative estimate of drug-likeness (QED) is 0.103. The van der Waals surface area contributed by atoms with Crippen LogP contribution in [0, 0.1) is 3.57 Å². The topological polar surface area (TPSA) is 45.5 Å². The average molecular weight is 591 g/mol. The molecule has 0 aliphatic rings. The van der Waals surface area contributed by atoms with Crippen LogP contribution in [0.5, 0.6) is 5.88 Å². The van der Waals surface area contributed by atoms with Gasteiger partial charge in [-0.25, -0.2) is 0 Å². The third-order valence-corrected chi connectivity index (χ3v) is 12.8. The van der Waals surface area contributed by atoms with Gasteiger partial charge in [0.15, 0.2) is 15.1 Å². The maximum Gasteiger partial charge on any atom is 0.248 e. The van der Waals surface area contributed by atoms with Crippen LogP contribution >= 0.6 is 38.5 Å². The van der Waals surface area contributed by atoms with E-state index in [1.807, 2.05) is 4.68 Å². The van der Waals surface area contributed by atoms with E-state index in [2.05, 4.69) is 97.1 Å². The van der Waals surface area contributed by atoms with E-state index in [1.54, 1.807) is 0 Å². The Labute approximate surface area is 189 Å². The molecule has 0 fully saturated rings. The van der Waals surface area contributed by atoms with Crippen LogP contribution in [0.3, 0.4) is 0 Å². The Hall–Kier alpha value is 0.574. The molecular formula is C18H36BrIN2O3Si2. The second-order valence-corrected chi connectivity index (χ2v) is 21.6. The lowest BCUT2D eigenvalue weighted by atomic mass is 10.2. The number of hydrogen-bond acceptors (Lipinski definition) is 4. The lowest BCUT2D eigenvalue weighted by Gasteiger charge is -2.36. The Kier molecular flexibility index (Phi) is 10.0. The van der Waals surface area contributed by atoms with Crippen LogP contribution in [0.4, 0.5) is 0 Å². The van der Waals surface area contributed by atoms with Crippen LogP contribution in [0.1, 0.15) is 26.5 Å². The van der Waals surface area contributed by atoms with Crippen LogP contribution in [0.15, 0.2) is 0 Å². The summed E-state index contributed by atoms with van der Waals surface area (Å²) in [5.41, 5.74) is 1.12. The van der Waals surface area contributed by atoms with Crippen molar-refractivity contribution >= 4 is 54.9 Å². The Morgan fingerprint density at radius 2 is 1.74 bits per heavy atom. The number of rotatable bonds is 11. The monoisotopic (exact) mass is 590 g/mol. The summed E-state index contributed by atoms with van der Waals surface area (Å²) in [7, 11) is -2.81. The zero-order valence-corrected chi connectivity index (χ0v) is 23.9. The fourth-order valence-corrected chi connectivity index (χ4v) is 5.61. The third-order valence-electron chi connectivity index (χ3n) is 4.94. The van der Waals surface area contributed by atoms with Crippen molar-refractivity contribution in [2.75, 3.05) is 20.0 Å². The van der Waals surface area contributed by atoms with Crippen LogP contribution < -0.4 is 4.74 Å². The van der Waals surface area contributed by atoms with Crippen molar-refractivity contribution in [1.82, 2.24) is 9.78 Å². The molecule has 27 heavy (non-hydrogen) atoms. The minimum Gasteiger partial charge on any atom is -0.449 e. The van der Waals surface area contributed by atoms with E-state index in [9.17, 15) is 0 Å². The lowest BCUT2D eigenvalue weighted by molar-refractivity contribution is 0.0184. The molecule has 1 rings (SSSR count). The maximum absolute atomic E-state index is 6.29. The smallest absolute Gasteiger partial charge is 0.248 e. The molecule has 158 valence electrons. The largest absolute Gasteiger partial charge is 0.449 e. The van der Waals surface area contributed by atoms with Crippen LogP contribution in [-0.4, -0.2) is 46.2 Å². The zero-order valence-electron chi connectivity index (χ0n) is 18.1. The standard InChI is InChI=1S/C18H36BrIN2O3Si2/c1-18(2,3)27(7,8)25-10-9-22-15(13-19)16(20)17(21-22)24-14-23-11-12-26(4,5)6/h9-14H2,1-8H3. The van der Waals surface area contributed by atoms with Gasteiger partial charge in [-0.1, -0.05) is 56.3 Å². The third kappa shape index (κ3) is 8.45. The highest BCUT2D eigenvalue weighted by Gasteiger charge is 2.37. The summed E-state index contributed by atoms with van der Waals surface area (Å²) in [6.45, 7) is 20.7. The van der Waals surface area contributed by atoms with Gasteiger partial charge in [0.25, 0.3) is 0 Å². The molecule has 1 heterocycles. The molecule has 0 N–H and O–H groups in total. The summed E-state index contributed by atoms with van der Waals surface area (Å²) in [5, 5.41) is 5.58. The molecule has 0 radical (unpaired) electrons. The molecule has 0 spiro atoms. The first kappa shape index (κ1) is 25.6. The molecule has 0 atom stereocenters. The van der Waals surface area contributed by atoms with E-state index < -0.39 is 16.4 Å². The van der Waals surface area contributed by atoms with Gasteiger partial charge in [0.2, 0.25) is 5.88 Å². The number of halogens is 2. The second-order valence-electron chi connectivity index (χ2n) is 9.51. The summed E-state index contributed by atoms with van der Waals surface area (Å²) < 4.78 is 20.7. The summed E-state index contributed by atoms with van der Waals surface area (Å²) in [6.07, 6.45) is 0.